The Morgan fingerprint density at radius 1 is 0.900 bits per heavy atom. The number of amides is 1. The molecular formula is C25H19ClN2O2. The Kier molecular flexibility index (Phi) is 6.06. The summed E-state index contributed by atoms with van der Waals surface area (Å²) in [5.41, 5.74) is 4.91. The number of ether oxygens (including phenoxy) is 1. The molecule has 0 unspecified atom stereocenters. The van der Waals surface area contributed by atoms with E-state index in [2.05, 4.69) is 10.5 Å². The predicted octanol–water partition coefficient (Wildman–Crippen LogP) is 5.84. The molecule has 148 valence electrons. The molecule has 0 fully saturated rings. The normalized spacial score (nSPS) is 11.0. The van der Waals surface area contributed by atoms with Gasteiger partial charge in [-0.2, -0.15) is 5.10 Å². The fraction of sp³-hybridized carbons (Fsp3) is 0.0400. The van der Waals surface area contributed by atoms with Crippen LogP contribution in [0.15, 0.2) is 96.1 Å². The van der Waals surface area contributed by atoms with Gasteiger partial charge in [0.2, 0.25) is 0 Å². The van der Waals surface area contributed by atoms with Gasteiger partial charge in [-0.1, -0.05) is 66.2 Å². The second-order valence-electron chi connectivity index (χ2n) is 6.71. The lowest BCUT2D eigenvalue weighted by Crippen LogP contribution is -2.17. The topological polar surface area (TPSA) is 50.7 Å². The summed E-state index contributed by atoms with van der Waals surface area (Å²) in [7, 11) is 0. The zero-order valence-electron chi connectivity index (χ0n) is 16.1. The summed E-state index contributed by atoms with van der Waals surface area (Å²) in [6.07, 6.45) is 1.58. The Bertz CT molecular complexity index is 1200. The third kappa shape index (κ3) is 4.85. The van der Waals surface area contributed by atoms with Crippen molar-refractivity contribution in [1.82, 2.24) is 5.43 Å². The average molecular weight is 415 g/mol. The van der Waals surface area contributed by atoms with Crippen molar-refractivity contribution in [3.63, 3.8) is 0 Å². The number of carbonyl (C=O) groups excluding carboxylic acids is 1. The van der Waals surface area contributed by atoms with Crippen molar-refractivity contribution in [2.24, 2.45) is 5.10 Å². The number of rotatable bonds is 6. The minimum Gasteiger partial charge on any atom is -0.488 e. The molecule has 0 saturated heterocycles. The van der Waals surface area contributed by atoms with Crippen LogP contribution in [0.1, 0.15) is 21.5 Å². The van der Waals surface area contributed by atoms with Gasteiger partial charge in [0.1, 0.15) is 12.4 Å². The smallest absolute Gasteiger partial charge is 0.271 e. The van der Waals surface area contributed by atoms with Gasteiger partial charge in [0, 0.05) is 16.1 Å². The molecule has 0 spiro atoms. The molecule has 0 radical (unpaired) electrons. The minimum absolute atomic E-state index is 0.267. The van der Waals surface area contributed by atoms with Gasteiger partial charge in [-0.15, -0.1) is 0 Å². The maximum atomic E-state index is 12.4. The first kappa shape index (κ1) is 19.7. The van der Waals surface area contributed by atoms with Crippen molar-refractivity contribution in [3.8, 4) is 5.75 Å². The number of fused-ring (bicyclic) bond motifs is 1. The number of hydrogen-bond donors (Lipinski definition) is 1. The zero-order valence-corrected chi connectivity index (χ0v) is 16.8. The number of nitrogens with zero attached hydrogens (tertiary/aromatic N) is 1. The van der Waals surface area contributed by atoms with E-state index in [1.54, 1.807) is 12.3 Å². The molecule has 4 aromatic carbocycles. The molecular weight excluding hydrogens is 396 g/mol. The van der Waals surface area contributed by atoms with Crippen LogP contribution in [0.25, 0.3) is 10.8 Å². The number of carbonyl (C=O) groups is 1. The molecule has 0 heterocycles. The molecule has 5 heteroatoms. The Morgan fingerprint density at radius 3 is 2.47 bits per heavy atom. The predicted molar refractivity (Wildman–Crippen MR) is 121 cm³/mol. The van der Waals surface area contributed by atoms with Crippen LogP contribution in [-0.4, -0.2) is 12.1 Å². The second-order valence-corrected chi connectivity index (χ2v) is 7.15. The van der Waals surface area contributed by atoms with E-state index in [1.165, 1.54) is 0 Å². The molecule has 0 aliphatic rings. The maximum absolute atomic E-state index is 12.4. The molecule has 0 saturated carbocycles. The average Bonchev–Trinajstić information content (AvgIpc) is 2.79. The third-order valence-electron chi connectivity index (χ3n) is 4.61. The highest BCUT2D eigenvalue weighted by molar-refractivity contribution is 6.30. The summed E-state index contributed by atoms with van der Waals surface area (Å²) in [6, 6.07) is 28.5. The Morgan fingerprint density at radius 2 is 1.63 bits per heavy atom. The fourth-order valence-electron chi connectivity index (χ4n) is 3.02. The SMILES string of the molecule is O=C(N/N=C\c1ccccc1OCc1ccc(Cl)cc1)c1ccc2ccccc2c1. The van der Waals surface area contributed by atoms with Crippen LogP contribution in [0.4, 0.5) is 0 Å². The molecule has 0 aliphatic carbocycles. The number of nitrogens with one attached hydrogen (secondary N) is 1. The summed E-state index contributed by atoms with van der Waals surface area (Å²) >= 11 is 5.92. The number of para-hydroxylation sites is 1. The van der Waals surface area contributed by atoms with E-state index >= 15 is 0 Å². The highest BCUT2D eigenvalue weighted by atomic mass is 35.5. The zero-order chi connectivity index (χ0) is 20.8. The van der Waals surface area contributed by atoms with E-state index in [1.807, 2.05) is 84.9 Å². The molecule has 1 amide bonds. The van der Waals surface area contributed by atoms with Gasteiger partial charge in [-0.05, 0) is 52.7 Å². The molecule has 1 N–H and O–H groups in total. The van der Waals surface area contributed by atoms with Gasteiger partial charge in [-0.25, -0.2) is 5.43 Å². The lowest BCUT2D eigenvalue weighted by molar-refractivity contribution is 0.0955. The first-order valence-electron chi connectivity index (χ1n) is 9.47. The Hall–Kier alpha value is -3.63. The lowest BCUT2D eigenvalue weighted by Gasteiger charge is -2.09. The van der Waals surface area contributed by atoms with E-state index < -0.39 is 0 Å². The van der Waals surface area contributed by atoms with Crippen LogP contribution in [0, 0.1) is 0 Å². The van der Waals surface area contributed by atoms with E-state index in [9.17, 15) is 4.79 Å². The van der Waals surface area contributed by atoms with Gasteiger partial charge >= 0.3 is 0 Å². The summed E-state index contributed by atoms with van der Waals surface area (Å²) in [5.74, 6) is 0.410. The van der Waals surface area contributed by atoms with Crippen molar-refractivity contribution in [2.75, 3.05) is 0 Å². The summed E-state index contributed by atoms with van der Waals surface area (Å²) in [4.78, 5) is 12.4. The van der Waals surface area contributed by atoms with Gasteiger partial charge in [0.05, 0.1) is 6.21 Å². The fourth-order valence-corrected chi connectivity index (χ4v) is 3.14. The number of hydrogen-bond acceptors (Lipinski definition) is 3. The molecule has 4 nitrogen and oxygen atoms in total. The molecule has 0 atom stereocenters. The summed E-state index contributed by atoms with van der Waals surface area (Å²) in [5, 5.41) is 6.89. The summed E-state index contributed by atoms with van der Waals surface area (Å²) < 4.78 is 5.91. The highest BCUT2D eigenvalue weighted by Crippen LogP contribution is 2.19. The lowest BCUT2D eigenvalue weighted by atomic mass is 10.1. The van der Waals surface area contributed by atoms with E-state index in [0.29, 0.717) is 22.9 Å². The second kappa shape index (κ2) is 9.25. The highest BCUT2D eigenvalue weighted by Gasteiger charge is 2.06. The van der Waals surface area contributed by atoms with Gasteiger partial charge < -0.3 is 4.74 Å². The molecule has 0 aromatic heterocycles. The van der Waals surface area contributed by atoms with E-state index in [4.69, 9.17) is 16.3 Å². The number of benzene rings is 4. The minimum atomic E-state index is -0.267. The molecule has 0 aliphatic heterocycles. The van der Waals surface area contributed by atoms with Crippen LogP contribution < -0.4 is 10.2 Å². The number of halogens is 1. The first-order chi connectivity index (χ1) is 14.7. The third-order valence-corrected chi connectivity index (χ3v) is 4.86. The largest absolute Gasteiger partial charge is 0.488 e. The number of hydrazone groups is 1. The van der Waals surface area contributed by atoms with Crippen LogP contribution in [0.2, 0.25) is 5.02 Å². The molecule has 4 rings (SSSR count). The van der Waals surface area contributed by atoms with Crippen molar-refractivity contribution < 1.29 is 9.53 Å². The van der Waals surface area contributed by atoms with Crippen molar-refractivity contribution in [2.45, 2.75) is 6.61 Å². The quantitative estimate of drug-likeness (QED) is 0.318. The molecule has 30 heavy (non-hydrogen) atoms. The Balaban J connectivity index is 1.42. The van der Waals surface area contributed by atoms with Crippen molar-refractivity contribution in [3.05, 3.63) is 113 Å². The van der Waals surface area contributed by atoms with Crippen molar-refractivity contribution in [1.29, 1.82) is 0 Å². The van der Waals surface area contributed by atoms with Gasteiger partial charge in [-0.3, -0.25) is 4.79 Å². The van der Waals surface area contributed by atoms with Gasteiger partial charge in [0.25, 0.3) is 5.91 Å². The molecule has 0 bridgehead atoms. The van der Waals surface area contributed by atoms with Crippen LogP contribution in [0.3, 0.4) is 0 Å². The van der Waals surface area contributed by atoms with Crippen LogP contribution >= 0.6 is 11.6 Å². The van der Waals surface area contributed by atoms with Crippen LogP contribution in [-0.2, 0) is 6.61 Å². The van der Waals surface area contributed by atoms with E-state index in [0.717, 1.165) is 21.9 Å². The first-order valence-corrected chi connectivity index (χ1v) is 9.85. The summed E-state index contributed by atoms with van der Waals surface area (Å²) in [6.45, 7) is 0.408. The standard InChI is InChI=1S/C25H19ClN2O2/c26-23-13-9-18(10-14-23)17-30-24-8-4-3-7-22(24)16-27-28-25(29)21-12-11-19-5-1-2-6-20(19)15-21/h1-16H,17H2,(H,28,29)/b27-16-. The van der Waals surface area contributed by atoms with Crippen molar-refractivity contribution >= 4 is 34.5 Å². The van der Waals surface area contributed by atoms with Crippen LogP contribution in [0.5, 0.6) is 5.75 Å². The van der Waals surface area contributed by atoms with E-state index in [-0.39, 0.29) is 5.91 Å². The Labute approximate surface area is 179 Å². The molecule has 4 aromatic rings. The monoisotopic (exact) mass is 414 g/mol. The van der Waals surface area contributed by atoms with Gasteiger partial charge in [0.15, 0.2) is 0 Å². The maximum Gasteiger partial charge on any atom is 0.271 e.